The van der Waals surface area contributed by atoms with E-state index < -0.39 is 0 Å². The van der Waals surface area contributed by atoms with Crippen molar-refractivity contribution in [3.8, 4) is 11.5 Å². The summed E-state index contributed by atoms with van der Waals surface area (Å²) in [5.74, 6) is 1.23. The van der Waals surface area contributed by atoms with Gasteiger partial charge in [0.05, 0.1) is 31.1 Å². The zero-order chi connectivity index (χ0) is 20.4. The molecule has 2 heterocycles. The molecule has 0 aliphatic carbocycles. The highest BCUT2D eigenvalue weighted by atomic mass is 32.2. The zero-order valence-electron chi connectivity index (χ0n) is 16.4. The fourth-order valence-corrected chi connectivity index (χ4v) is 3.97. The molecule has 0 spiro atoms. The summed E-state index contributed by atoms with van der Waals surface area (Å²) in [7, 11) is 3.10. The maximum Gasteiger partial charge on any atom is 0.211 e. The summed E-state index contributed by atoms with van der Waals surface area (Å²) < 4.78 is 12.6. The van der Waals surface area contributed by atoms with Crippen LogP contribution >= 0.6 is 11.8 Å². The van der Waals surface area contributed by atoms with Gasteiger partial charge in [0.2, 0.25) is 5.16 Å². The van der Waals surface area contributed by atoms with Crippen LogP contribution in [0.4, 0.5) is 0 Å². The number of aromatic nitrogens is 4. The molecule has 4 rings (SSSR count). The van der Waals surface area contributed by atoms with Crippen molar-refractivity contribution in [2.24, 2.45) is 0 Å². The Morgan fingerprint density at radius 2 is 1.93 bits per heavy atom. The van der Waals surface area contributed by atoms with Crippen LogP contribution in [0.3, 0.4) is 0 Å². The van der Waals surface area contributed by atoms with Crippen molar-refractivity contribution in [1.82, 2.24) is 19.7 Å². The first-order chi connectivity index (χ1) is 14.2. The lowest BCUT2D eigenvalue weighted by Gasteiger charge is -2.09. The van der Waals surface area contributed by atoms with Gasteiger partial charge in [-0.1, -0.05) is 30.0 Å². The van der Waals surface area contributed by atoms with E-state index in [0.717, 1.165) is 28.6 Å². The molecular formula is C21H20N4O3S. The summed E-state index contributed by atoms with van der Waals surface area (Å²) in [6.07, 6.45) is 0. The number of carbonyl (C=O) groups excluding carboxylic acids is 1. The molecule has 0 atom stereocenters. The number of Topliss-reactive ketones (excluding diaryl/α,β-unsaturated/α-hetero) is 1. The fraction of sp³-hybridized carbons (Fsp3) is 0.238. The van der Waals surface area contributed by atoms with Gasteiger partial charge < -0.3 is 14.0 Å². The molecule has 0 radical (unpaired) electrons. The maximum atomic E-state index is 12.7. The average molecular weight is 408 g/mol. The molecule has 4 aromatic rings. The van der Waals surface area contributed by atoms with Gasteiger partial charge in [0.15, 0.2) is 11.4 Å². The second-order valence-electron chi connectivity index (χ2n) is 6.31. The molecule has 148 valence electrons. The van der Waals surface area contributed by atoms with E-state index in [9.17, 15) is 4.79 Å². The van der Waals surface area contributed by atoms with Crippen LogP contribution in [0.15, 0.2) is 47.6 Å². The third kappa shape index (κ3) is 3.51. The number of rotatable bonds is 7. The van der Waals surface area contributed by atoms with Gasteiger partial charge in [-0.3, -0.25) is 4.79 Å². The molecule has 0 saturated carbocycles. The van der Waals surface area contributed by atoms with Crippen molar-refractivity contribution in [2.45, 2.75) is 18.6 Å². The normalized spacial score (nSPS) is 11.1. The lowest BCUT2D eigenvalue weighted by molar-refractivity contribution is 0.101. The lowest BCUT2D eigenvalue weighted by atomic mass is 10.1. The van der Waals surface area contributed by atoms with Crippen molar-refractivity contribution >= 4 is 39.6 Å². The van der Waals surface area contributed by atoms with Crippen LogP contribution in [-0.4, -0.2) is 45.5 Å². The number of fused-ring (bicyclic) bond motifs is 3. The summed E-state index contributed by atoms with van der Waals surface area (Å²) in [4.78, 5) is 17.4. The SMILES string of the molecule is CCn1c2ccccc2c2nnc(SCC(=O)c3ccc(OC)cc3OC)nc21. The fourth-order valence-electron chi connectivity index (χ4n) is 3.31. The average Bonchev–Trinajstić information content (AvgIpc) is 3.09. The smallest absolute Gasteiger partial charge is 0.211 e. The topological polar surface area (TPSA) is 79.1 Å². The molecule has 0 amide bonds. The molecular weight excluding hydrogens is 388 g/mol. The quantitative estimate of drug-likeness (QED) is 0.338. The van der Waals surface area contributed by atoms with Crippen LogP contribution in [0.1, 0.15) is 17.3 Å². The van der Waals surface area contributed by atoms with E-state index in [4.69, 9.17) is 9.47 Å². The van der Waals surface area contributed by atoms with Crippen molar-refractivity contribution in [2.75, 3.05) is 20.0 Å². The number of nitrogens with zero attached hydrogens (tertiary/aromatic N) is 4. The number of ketones is 1. The van der Waals surface area contributed by atoms with Gasteiger partial charge in [0.1, 0.15) is 17.0 Å². The van der Waals surface area contributed by atoms with Crippen LogP contribution in [-0.2, 0) is 6.54 Å². The van der Waals surface area contributed by atoms with E-state index in [0.29, 0.717) is 22.2 Å². The predicted octanol–water partition coefficient (Wildman–Crippen LogP) is 3.99. The highest BCUT2D eigenvalue weighted by molar-refractivity contribution is 7.99. The minimum absolute atomic E-state index is 0.0748. The number of hydrogen-bond acceptors (Lipinski definition) is 7. The summed E-state index contributed by atoms with van der Waals surface area (Å²) in [5, 5.41) is 10.1. The standard InChI is InChI=1S/C21H20N4O3S/c1-4-25-16-8-6-5-7-14(16)19-20(25)22-21(24-23-19)29-12-17(26)15-10-9-13(27-2)11-18(15)28-3/h5-11H,4,12H2,1-3H3. The van der Waals surface area contributed by atoms with E-state index in [-0.39, 0.29) is 11.5 Å². The molecule has 0 unspecified atom stereocenters. The molecule has 0 aliphatic rings. The van der Waals surface area contributed by atoms with Gasteiger partial charge >= 0.3 is 0 Å². The monoisotopic (exact) mass is 408 g/mol. The van der Waals surface area contributed by atoms with E-state index in [1.54, 1.807) is 25.3 Å². The summed E-state index contributed by atoms with van der Waals surface area (Å²) in [5.41, 5.74) is 3.13. The molecule has 0 bridgehead atoms. The van der Waals surface area contributed by atoms with Crippen LogP contribution in [0.5, 0.6) is 11.5 Å². The molecule has 0 fully saturated rings. The second-order valence-corrected chi connectivity index (χ2v) is 7.25. The van der Waals surface area contributed by atoms with Gasteiger partial charge in [-0.15, -0.1) is 10.2 Å². The van der Waals surface area contributed by atoms with Crippen LogP contribution in [0.25, 0.3) is 22.1 Å². The molecule has 0 N–H and O–H groups in total. The number of methoxy groups -OCH3 is 2. The van der Waals surface area contributed by atoms with Gasteiger partial charge in [-0.2, -0.15) is 0 Å². The molecule has 2 aromatic heterocycles. The number of thioether (sulfide) groups is 1. The van der Waals surface area contributed by atoms with E-state index in [1.807, 2.05) is 18.2 Å². The van der Waals surface area contributed by atoms with E-state index in [1.165, 1.54) is 18.9 Å². The molecule has 29 heavy (non-hydrogen) atoms. The third-order valence-electron chi connectivity index (χ3n) is 4.71. The summed E-state index contributed by atoms with van der Waals surface area (Å²) in [6.45, 7) is 2.84. The van der Waals surface area contributed by atoms with Gasteiger partial charge in [0.25, 0.3) is 0 Å². The molecule has 2 aromatic carbocycles. The maximum absolute atomic E-state index is 12.7. The van der Waals surface area contributed by atoms with Crippen molar-refractivity contribution in [3.05, 3.63) is 48.0 Å². The first-order valence-corrected chi connectivity index (χ1v) is 10.1. The Morgan fingerprint density at radius 3 is 2.69 bits per heavy atom. The number of carbonyl (C=O) groups is 1. The Labute approximate surface area is 172 Å². The second kappa shape index (κ2) is 8.08. The minimum atomic E-state index is -0.0748. The van der Waals surface area contributed by atoms with Gasteiger partial charge in [0, 0.05) is 18.0 Å². The number of aryl methyl sites for hydroxylation is 1. The summed E-state index contributed by atoms with van der Waals surface area (Å²) >= 11 is 1.26. The molecule has 0 aliphatic heterocycles. The largest absolute Gasteiger partial charge is 0.497 e. The Bertz CT molecular complexity index is 1210. The molecule has 8 heteroatoms. The number of ether oxygens (including phenoxy) is 2. The van der Waals surface area contributed by atoms with Crippen molar-refractivity contribution < 1.29 is 14.3 Å². The number of para-hydroxylation sites is 1. The van der Waals surface area contributed by atoms with Crippen molar-refractivity contribution in [3.63, 3.8) is 0 Å². The molecule has 0 saturated heterocycles. The third-order valence-corrected chi connectivity index (χ3v) is 5.55. The Morgan fingerprint density at radius 1 is 1.10 bits per heavy atom. The van der Waals surface area contributed by atoms with E-state index in [2.05, 4.69) is 32.7 Å². The first kappa shape index (κ1) is 19.2. The first-order valence-electron chi connectivity index (χ1n) is 9.16. The van der Waals surface area contributed by atoms with Crippen molar-refractivity contribution in [1.29, 1.82) is 0 Å². The Kier molecular flexibility index (Phi) is 5.35. The highest BCUT2D eigenvalue weighted by Crippen LogP contribution is 2.29. The van der Waals surface area contributed by atoms with E-state index >= 15 is 0 Å². The van der Waals surface area contributed by atoms with Crippen LogP contribution < -0.4 is 9.47 Å². The predicted molar refractivity (Wildman–Crippen MR) is 113 cm³/mol. The number of hydrogen-bond donors (Lipinski definition) is 0. The zero-order valence-corrected chi connectivity index (χ0v) is 17.2. The highest BCUT2D eigenvalue weighted by Gasteiger charge is 2.17. The Hall–Kier alpha value is -3.13. The lowest BCUT2D eigenvalue weighted by Crippen LogP contribution is -2.06. The summed E-state index contributed by atoms with van der Waals surface area (Å²) in [6, 6.07) is 13.2. The molecule has 7 nitrogen and oxygen atoms in total. The van der Waals surface area contributed by atoms with Gasteiger partial charge in [-0.25, -0.2) is 4.98 Å². The minimum Gasteiger partial charge on any atom is -0.497 e. The van der Waals surface area contributed by atoms with Gasteiger partial charge in [-0.05, 0) is 25.1 Å². The van der Waals surface area contributed by atoms with Crippen LogP contribution in [0.2, 0.25) is 0 Å². The number of benzene rings is 2. The Balaban J connectivity index is 1.60. The van der Waals surface area contributed by atoms with Crippen LogP contribution in [0, 0.1) is 0 Å².